The summed E-state index contributed by atoms with van der Waals surface area (Å²) >= 11 is 12.0. The molecule has 1 atom stereocenters. The van der Waals surface area contributed by atoms with Crippen molar-refractivity contribution in [2.45, 2.75) is 39.0 Å². The number of aliphatic hydroxyl groups is 1. The van der Waals surface area contributed by atoms with Crippen LogP contribution in [0.5, 0.6) is 5.75 Å². The van der Waals surface area contributed by atoms with Gasteiger partial charge in [-0.05, 0) is 36.8 Å². The molecule has 1 unspecified atom stereocenters. The third kappa shape index (κ3) is 5.03. The predicted molar refractivity (Wildman–Crippen MR) is 116 cm³/mol. The molecule has 8 heteroatoms. The number of benzene rings is 2. The Kier molecular flexibility index (Phi) is 8.25. The molecule has 1 aromatic heterocycles. The van der Waals surface area contributed by atoms with Gasteiger partial charge < -0.3 is 19.0 Å². The van der Waals surface area contributed by atoms with Crippen LogP contribution in [0.15, 0.2) is 42.5 Å². The van der Waals surface area contributed by atoms with E-state index in [1.165, 1.54) is 0 Å². The smallest absolute Gasteiger partial charge is 0.203 e. The number of rotatable bonds is 8. The Labute approximate surface area is 180 Å². The van der Waals surface area contributed by atoms with Crippen molar-refractivity contribution < 1.29 is 9.84 Å². The predicted octanol–water partition coefficient (Wildman–Crippen LogP) is 4.89. The van der Waals surface area contributed by atoms with Gasteiger partial charge in [-0.2, -0.15) is 0 Å². The highest BCUT2D eigenvalue weighted by molar-refractivity contribution is 6.35. The van der Waals surface area contributed by atoms with Crippen LogP contribution >= 0.6 is 35.6 Å². The van der Waals surface area contributed by atoms with Crippen LogP contribution in [-0.2, 0) is 13.1 Å². The summed E-state index contributed by atoms with van der Waals surface area (Å²) < 4.78 is 9.44. The molecule has 0 spiro atoms. The van der Waals surface area contributed by atoms with Crippen LogP contribution < -0.4 is 10.4 Å². The molecule has 3 rings (SSSR count). The van der Waals surface area contributed by atoms with E-state index < -0.39 is 6.10 Å². The molecule has 3 aromatic rings. The van der Waals surface area contributed by atoms with Crippen molar-refractivity contribution in [3.63, 3.8) is 0 Å². The molecule has 5 nitrogen and oxygen atoms in total. The lowest BCUT2D eigenvalue weighted by Gasteiger charge is -2.14. The Bertz CT molecular complexity index is 984. The van der Waals surface area contributed by atoms with Crippen LogP contribution in [0.3, 0.4) is 0 Å². The van der Waals surface area contributed by atoms with Gasteiger partial charge in [-0.3, -0.25) is 5.41 Å². The van der Waals surface area contributed by atoms with E-state index in [9.17, 15) is 5.11 Å². The summed E-state index contributed by atoms with van der Waals surface area (Å²) in [5, 5.41) is 19.9. The van der Waals surface area contributed by atoms with E-state index in [2.05, 4.69) is 6.92 Å². The van der Waals surface area contributed by atoms with Crippen LogP contribution in [0.25, 0.3) is 11.0 Å². The molecular weight excluding hydrogens is 421 g/mol. The number of para-hydroxylation sites is 2. The third-order valence-corrected chi connectivity index (χ3v) is 4.96. The average Bonchev–Trinajstić information content (AvgIpc) is 2.91. The molecule has 2 aromatic carbocycles. The lowest BCUT2D eigenvalue weighted by atomic mass is 10.3. The highest BCUT2D eigenvalue weighted by atomic mass is 35.5. The molecule has 0 amide bonds. The number of fused-ring (bicyclic) bond motifs is 1. The SMILES string of the molecule is CCCCn1c(=N)n(CC(O)COc2ccc(Cl)cc2Cl)c2ccccc21.Cl. The molecule has 0 aliphatic rings. The van der Waals surface area contributed by atoms with E-state index in [0.717, 1.165) is 30.4 Å². The quantitative estimate of drug-likeness (QED) is 0.519. The first kappa shape index (κ1) is 22.6. The number of aryl methyl sites for hydroxylation is 1. The number of nitrogens with one attached hydrogen (secondary N) is 1. The lowest BCUT2D eigenvalue weighted by molar-refractivity contribution is 0.0921. The second kappa shape index (κ2) is 10.2. The molecule has 0 bridgehead atoms. The van der Waals surface area contributed by atoms with E-state index >= 15 is 0 Å². The largest absolute Gasteiger partial charge is 0.489 e. The Balaban J connectivity index is 0.00000280. The topological polar surface area (TPSA) is 63.2 Å². The van der Waals surface area contributed by atoms with Crippen LogP contribution in [0, 0.1) is 5.41 Å². The van der Waals surface area contributed by atoms with Crippen molar-refractivity contribution in [1.29, 1.82) is 5.41 Å². The molecule has 0 aliphatic carbocycles. The van der Waals surface area contributed by atoms with Gasteiger partial charge in [-0.1, -0.05) is 48.7 Å². The van der Waals surface area contributed by atoms with Crippen molar-refractivity contribution >= 4 is 46.6 Å². The van der Waals surface area contributed by atoms with Gasteiger partial charge >= 0.3 is 0 Å². The fraction of sp³-hybridized carbons (Fsp3) is 0.350. The first-order chi connectivity index (χ1) is 13.0. The number of hydrogen-bond donors (Lipinski definition) is 2. The maximum atomic E-state index is 10.5. The number of aromatic nitrogens is 2. The van der Waals surface area contributed by atoms with Gasteiger partial charge in [0.15, 0.2) is 0 Å². The zero-order valence-electron chi connectivity index (χ0n) is 15.6. The summed E-state index contributed by atoms with van der Waals surface area (Å²) in [6.45, 7) is 3.26. The lowest BCUT2D eigenvalue weighted by Crippen LogP contribution is -2.31. The van der Waals surface area contributed by atoms with Crippen molar-refractivity contribution in [2.24, 2.45) is 0 Å². The second-order valence-electron chi connectivity index (χ2n) is 6.47. The molecular formula is C20H24Cl3N3O2. The van der Waals surface area contributed by atoms with Gasteiger partial charge in [0, 0.05) is 11.6 Å². The standard InChI is InChI=1S/C20H23Cl2N3O2.ClH/c1-2-3-10-24-17-6-4-5-7-18(17)25(20(24)23)12-15(26)13-27-19-9-8-14(21)11-16(19)22;/h4-9,11,15,23,26H,2-3,10,12-13H2,1H3;1H. The third-order valence-electron chi connectivity index (χ3n) is 4.43. The fourth-order valence-electron chi connectivity index (χ4n) is 3.06. The van der Waals surface area contributed by atoms with Crippen molar-refractivity contribution in [3.05, 3.63) is 58.1 Å². The first-order valence-corrected chi connectivity index (χ1v) is 9.75. The van der Waals surface area contributed by atoms with Crippen molar-refractivity contribution in [3.8, 4) is 5.75 Å². The highest BCUT2D eigenvalue weighted by Crippen LogP contribution is 2.27. The van der Waals surface area contributed by atoms with Gasteiger partial charge in [0.2, 0.25) is 5.62 Å². The molecule has 0 saturated heterocycles. The molecule has 28 heavy (non-hydrogen) atoms. The maximum absolute atomic E-state index is 10.5. The average molecular weight is 445 g/mol. The summed E-state index contributed by atoms with van der Waals surface area (Å²) in [7, 11) is 0. The highest BCUT2D eigenvalue weighted by Gasteiger charge is 2.15. The molecule has 0 aliphatic heterocycles. The number of ether oxygens (including phenoxy) is 1. The number of halogens is 3. The van der Waals surface area contributed by atoms with E-state index in [4.69, 9.17) is 33.3 Å². The number of aliphatic hydroxyl groups excluding tert-OH is 1. The number of hydrogen-bond acceptors (Lipinski definition) is 3. The molecule has 0 saturated carbocycles. The minimum atomic E-state index is -0.781. The fourth-order valence-corrected chi connectivity index (χ4v) is 3.53. The zero-order chi connectivity index (χ0) is 19.4. The van der Waals surface area contributed by atoms with Crippen LogP contribution in [-0.4, -0.2) is 27.0 Å². The normalized spacial score (nSPS) is 12.0. The summed E-state index contributed by atoms with van der Waals surface area (Å²) in [6.07, 6.45) is 1.28. The number of nitrogens with zero attached hydrogens (tertiary/aromatic N) is 2. The molecule has 0 radical (unpaired) electrons. The molecule has 2 N–H and O–H groups in total. The monoisotopic (exact) mass is 443 g/mol. The van der Waals surface area contributed by atoms with Crippen LogP contribution in [0.1, 0.15) is 19.8 Å². The minimum Gasteiger partial charge on any atom is -0.489 e. The first-order valence-electron chi connectivity index (χ1n) is 8.99. The summed E-state index contributed by atoms with van der Waals surface area (Å²) in [5.41, 5.74) is 2.32. The van der Waals surface area contributed by atoms with E-state index in [0.29, 0.717) is 21.4 Å². The maximum Gasteiger partial charge on any atom is 0.203 e. The Hall–Kier alpha value is -1.66. The van der Waals surface area contributed by atoms with Crippen molar-refractivity contribution in [1.82, 2.24) is 9.13 Å². The van der Waals surface area contributed by atoms with Gasteiger partial charge in [-0.25, -0.2) is 0 Å². The zero-order valence-corrected chi connectivity index (χ0v) is 17.9. The van der Waals surface area contributed by atoms with Crippen LogP contribution in [0.4, 0.5) is 0 Å². The van der Waals surface area contributed by atoms with Gasteiger partial charge in [0.05, 0.1) is 22.6 Å². The minimum absolute atomic E-state index is 0. The Morgan fingerprint density at radius 3 is 2.43 bits per heavy atom. The van der Waals surface area contributed by atoms with E-state index in [1.54, 1.807) is 18.2 Å². The van der Waals surface area contributed by atoms with Gasteiger partial charge in [0.1, 0.15) is 18.5 Å². The summed E-state index contributed by atoms with van der Waals surface area (Å²) in [5.74, 6) is 0.474. The van der Waals surface area contributed by atoms with E-state index in [1.807, 2.05) is 33.4 Å². The molecule has 1 heterocycles. The molecule has 0 fully saturated rings. The molecule has 152 valence electrons. The summed E-state index contributed by atoms with van der Waals surface area (Å²) in [4.78, 5) is 0. The summed E-state index contributed by atoms with van der Waals surface area (Å²) in [6, 6.07) is 12.9. The number of imidazole rings is 1. The van der Waals surface area contributed by atoms with Gasteiger partial charge in [0.25, 0.3) is 0 Å². The van der Waals surface area contributed by atoms with Gasteiger partial charge in [-0.15, -0.1) is 12.4 Å². The second-order valence-corrected chi connectivity index (χ2v) is 7.31. The Morgan fingerprint density at radius 2 is 1.79 bits per heavy atom. The number of unbranched alkanes of at least 4 members (excludes halogenated alkanes) is 1. The van der Waals surface area contributed by atoms with Crippen molar-refractivity contribution in [2.75, 3.05) is 6.61 Å². The Morgan fingerprint density at radius 1 is 1.11 bits per heavy atom. The van der Waals surface area contributed by atoms with E-state index in [-0.39, 0.29) is 25.6 Å². The van der Waals surface area contributed by atoms with Crippen LogP contribution in [0.2, 0.25) is 10.0 Å².